The van der Waals surface area contributed by atoms with Crippen molar-refractivity contribution in [3.63, 3.8) is 0 Å². The highest BCUT2D eigenvalue weighted by Crippen LogP contribution is 2.38. The number of nitrogens with zero attached hydrogens (tertiary/aromatic N) is 3. The molecule has 268 valence electrons. The minimum Gasteiger partial charge on any atom is -0.479 e. The molecule has 3 aliphatic rings. The number of aromatic amines is 1. The Hall–Kier alpha value is -3.61. The molecule has 7 atom stereocenters. The first kappa shape index (κ1) is 37.2. The first-order chi connectivity index (χ1) is 22.5. The molecule has 3 saturated heterocycles. The number of aromatic nitrogens is 2. The third-order valence-electron chi connectivity index (χ3n) is 8.91. The topological polar surface area (TPSA) is 236 Å². The van der Waals surface area contributed by atoms with Crippen LogP contribution in [0, 0.1) is 0 Å². The number of carboxylic acids is 1. The highest BCUT2D eigenvalue weighted by Gasteiger charge is 2.55. The van der Waals surface area contributed by atoms with Crippen LogP contribution >= 0.6 is 0 Å². The van der Waals surface area contributed by atoms with E-state index in [1.165, 1.54) is 25.3 Å². The van der Waals surface area contributed by atoms with E-state index >= 15 is 0 Å². The fourth-order valence-corrected chi connectivity index (χ4v) is 6.44. The molecule has 7 N–H and O–H groups in total. The molecule has 3 aliphatic heterocycles. The molecule has 1 aromatic heterocycles. The molecule has 4 rings (SSSR count). The lowest BCUT2D eigenvalue weighted by molar-refractivity contribution is -0.231. The Morgan fingerprint density at radius 3 is 2.65 bits per heavy atom. The maximum absolute atomic E-state index is 12.9. The average molecular weight is 681 g/mol. The van der Waals surface area contributed by atoms with Gasteiger partial charge in [0.15, 0.2) is 5.60 Å². The van der Waals surface area contributed by atoms with Crippen molar-refractivity contribution in [1.29, 1.82) is 0 Å². The number of H-pyrrole nitrogens is 1. The summed E-state index contributed by atoms with van der Waals surface area (Å²) >= 11 is 0. The quantitative estimate of drug-likeness (QED) is 0.137. The van der Waals surface area contributed by atoms with E-state index in [0.29, 0.717) is 44.8 Å². The smallest absolute Gasteiger partial charge is 0.410 e. The van der Waals surface area contributed by atoms with E-state index in [9.17, 15) is 39.6 Å². The number of hydrogen-bond donors (Lipinski definition) is 7. The van der Waals surface area contributed by atoms with Crippen molar-refractivity contribution in [3.8, 4) is 0 Å². The summed E-state index contributed by atoms with van der Waals surface area (Å²) < 4.78 is 17.5. The zero-order valence-corrected chi connectivity index (χ0v) is 27.8. The fourth-order valence-electron chi connectivity index (χ4n) is 6.44. The van der Waals surface area contributed by atoms with E-state index in [0.717, 1.165) is 0 Å². The van der Waals surface area contributed by atoms with Gasteiger partial charge in [0.2, 0.25) is 11.8 Å². The number of morpholine rings is 1. The summed E-state index contributed by atoms with van der Waals surface area (Å²) in [7, 11) is 0. The minimum atomic E-state index is -2.01. The zero-order chi connectivity index (χ0) is 35.3. The van der Waals surface area contributed by atoms with Crippen molar-refractivity contribution in [2.24, 2.45) is 0 Å². The van der Waals surface area contributed by atoms with Crippen LogP contribution in [0.2, 0.25) is 0 Å². The molecule has 4 heterocycles. The number of ether oxygens (including phenoxy) is 3. The highest BCUT2D eigenvalue weighted by molar-refractivity contribution is 5.91. The lowest BCUT2D eigenvalue weighted by Gasteiger charge is -2.49. The number of amides is 3. The zero-order valence-electron chi connectivity index (χ0n) is 27.8. The largest absolute Gasteiger partial charge is 0.479 e. The van der Waals surface area contributed by atoms with Crippen molar-refractivity contribution in [2.45, 2.75) is 94.2 Å². The van der Waals surface area contributed by atoms with Gasteiger partial charge in [-0.15, -0.1) is 0 Å². The summed E-state index contributed by atoms with van der Waals surface area (Å²) in [6.07, 6.45) is -1.18. The molecule has 3 fully saturated rings. The Morgan fingerprint density at radius 2 is 2.00 bits per heavy atom. The Kier molecular flexibility index (Phi) is 11.9. The van der Waals surface area contributed by atoms with Crippen LogP contribution in [0.1, 0.15) is 52.5 Å². The Bertz CT molecular complexity index is 1320. The average Bonchev–Trinajstić information content (AvgIpc) is 3.69. The van der Waals surface area contributed by atoms with Gasteiger partial charge in [-0.25, -0.2) is 9.59 Å². The molecule has 0 unspecified atom stereocenters. The van der Waals surface area contributed by atoms with Crippen molar-refractivity contribution in [2.75, 3.05) is 45.9 Å². The third-order valence-corrected chi connectivity index (χ3v) is 8.91. The van der Waals surface area contributed by atoms with E-state index in [2.05, 4.69) is 25.7 Å². The summed E-state index contributed by atoms with van der Waals surface area (Å²) in [6.45, 7) is 8.18. The summed E-state index contributed by atoms with van der Waals surface area (Å²) in [5, 5.41) is 55.1. The van der Waals surface area contributed by atoms with Crippen LogP contribution in [0.15, 0.2) is 18.5 Å². The van der Waals surface area contributed by atoms with Crippen LogP contribution in [0.5, 0.6) is 0 Å². The number of likely N-dealkylation sites (tertiary alicyclic amines) is 1. The van der Waals surface area contributed by atoms with Crippen molar-refractivity contribution >= 4 is 30.0 Å². The van der Waals surface area contributed by atoms with Gasteiger partial charge in [0.1, 0.15) is 17.8 Å². The van der Waals surface area contributed by atoms with Crippen LogP contribution in [0.3, 0.4) is 0 Å². The van der Waals surface area contributed by atoms with Crippen molar-refractivity contribution in [3.05, 3.63) is 24.0 Å². The molecule has 0 aromatic carbocycles. The Morgan fingerprint density at radius 1 is 1.25 bits per heavy atom. The first-order valence-corrected chi connectivity index (χ1v) is 16.0. The normalized spacial score (nSPS) is 29.5. The predicted molar refractivity (Wildman–Crippen MR) is 168 cm³/mol. The number of aliphatic hydroxyl groups is 3. The van der Waals surface area contributed by atoms with Crippen molar-refractivity contribution < 1.29 is 53.8 Å². The van der Waals surface area contributed by atoms with Gasteiger partial charge in [0.05, 0.1) is 43.2 Å². The number of rotatable bonds is 11. The lowest BCUT2D eigenvalue weighted by atomic mass is 9.81. The lowest BCUT2D eigenvalue weighted by Crippen LogP contribution is -2.68. The molecule has 0 radical (unpaired) electrons. The summed E-state index contributed by atoms with van der Waals surface area (Å²) in [4.78, 5) is 53.7. The number of nitrogens with one attached hydrogen (secondary N) is 3. The van der Waals surface area contributed by atoms with Gasteiger partial charge < -0.3 is 50.2 Å². The monoisotopic (exact) mass is 680 g/mol. The van der Waals surface area contributed by atoms with Gasteiger partial charge in [-0.1, -0.05) is 0 Å². The van der Waals surface area contributed by atoms with Gasteiger partial charge >= 0.3 is 12.1 Å². The Labute approximate surface area is 278 Å². The molecule has 0 aliphatic carbocycles. The maximum atomic E-state index is 12.9. The molecular formula is C31H48N6O11. The number of carbonyl (C=O) groups is 4. The van der Waals surface area contributed by atoms with Crippen LogP contribution in [0.25, 0.3) is 6.08 Å². The number of carbonyl (C=O) groups excluding carboxylic acids is 3. The van der Waals surface area contributed by atoms with Gasteiger partial charge in [-0.2, -0.15) is 5.10 Å². The number of hydrogen-bond acceptors (Lipinski definition) is 12. The molecule has 17 heteroatoms. The molecular weight excluding hydrogens is 632 g/mol. The number of carboxylic acid groups (broad SMARTS) is 1. The number of aliphatic carboxylic acids is 1. The highest BCUT2D eigenvalue weighted by atomic mass is 16.6. The second-order valence-electron chi connectivity index (χ2n) is 13.7. The van der Waals surface area contributed by atoms with Crippen LogP contribution in [-0.2, 0) is 28.6 Å². The summed E-state index contributed by atoms with van der Waals surface area (Å²) in [5.41, 5.74) is -2.65. The Balaban J connectivity index is 1.47. The van der Waals surface area contributed by atoms with E-state index in [-0.39, 0.29) is 13.0 Å². The number of aliphatic hydroxyl groups excluding tert-OH is 3. The van der Waals surface area contributed by atoms with E-state index in [1.807, 2.05) is 0 Å². The van der Waals surface area contributed by atoms with Gasteiger partial charge in [-0.3, -0.25) is 19.6 Å². The van der Waals surface area contributed by atoms with Gasteiger partial charge in [-0.05, 0) is 33.3 Å². The molecule has 17 nitrogen and oxygen atoms in total. The molecule has 1 aromatic rings. The second kappa shape index (κ2) is 15.3. The van der Waals surface area contributed by atoms with Gasteiger partial charge in [0.25, 0.3) is 0 Å². The minimum absolute atomic E-state index is 0.130. The van der Waals surface area contributed by atoms with Crippen LogP contribution in [-0.4, -0.2) is 157 Å². The standard InChI is InChI=1S/C31H48N6O11/c1-19(38)35-24-21(39)13-31(27(43)44,47-26(24)25(42)22(40)16-32-23(41)6-5-20-14-33-34-15-20)8-10-37-11-12-46-18-30(37)7-9-36(17-30)28(45)48-29(2,3)4/h5-6,14-15,21-22,24-26,39-40,42H,7-13,16-18H2,1-4H3,(H,32,41)(H,33,34)(H,35,38)(H,43,44)/b6-5+/t21-,22+,24+,25+,26+,30-,31+/m0/s1. The molecule has 0 saturated carbocycles. The maximum Gasteiger partial charge on any atom is 0.410 e. The van der Waals surface area contributed by atoms with E-state index in [1.54, 1.807) is 31.9 Å². The summed E-state index contributed by atoms with van der Waals surface area (Å²) in [6, 6.07) is -1.26. The third kappa shape index (κ3) is 9.09. The van der Waals surface area contributed by atoms with Gasteiger partial charge in [0, 0.05) is 70.3 Å². The molecule has 1 spiro atoms. The van der Waals surface area contributed by atoms with Crippen molar-refractivity contribution in [1.82, 2.24) is 30.6 Å². The second-order valence-corrected chi connectivity index (χ2v) is 13.7. The SMILES string of the molecule is CC(=O)N[C@H]1[C@H]([C@H](O)[C@H](O)CNC(=O)/C=C/c2cn[nH]c2)O[C@@](CCN2CCOC[C@@]23CCN(C(=O)OC(C)(C)C)C3)(C(=O)O)C[C@@H]1O. The molecule has 0 bridgehead atoms. The molecule has 3 amide bonds. The summed E-state index contributed by atoms with van der Waals surface area (Å²) in [5.74, 6) is -2.54. The van der Waals surface area contributed by atoms with E-state index < -0.39 is 84.0 Å². The van der Waals surface area contributed by atoms with Crippen LogP contribution < -0.4 is 10.6 Å². The fraction of sp³-hybridized carbons (Fsp3) is 0.710. The van der Waals surface area contributed by atoms with E-state index in [4.69, 9.17) is 14.2 Å². The first-order valence-electron chi connectivity index (χ1n) is 16.0. The van der Waals surface area contributed by atoms with Crippen LogP contribution in [0.4, 0.5) is 4.79 Å². The molecule has 48 heavy (non-hydrogen) atoms. The predicted octanol–water partition coefficient (Wildman–Crippen LogP) is -1.16.